The van der Waals surface area contributed by atoms with Crippen molar-refractivity contribution in [2.45, 2.75) is 0 Å². The van der Waals surface area contributed by atoms with Crippen LogP contribution in [0, 0.1) is 0 Å². The van der Waals surface area contributed by atoms with Gasteiger partial charge in [0.25, 0.3) is 0 Å². The third-order valence-corrected chi connectivity index (χ3v) is 1.68. The third-order valence-electron chi connectivity index (χ3n) is 1.68. The van der Waals surface area contributed by atoms with E-state index in [-0.39, 0.29) is 0 Å². The molecule has 0 aliphatic carbocycles. The average molecular weight is 175 g/mol. The lowest BCUT2D eigenvalue weighted by Crippen LogP contribution is -2.14. The second-order valence-electron chi connectivity index (χ2n) is 2.59. The topological polar surface area (TPSA) is 76.5 Å². The van der Waals surface area contributed by atoms with Gasteiger partial charge >= 0.3 is 0 Å². The van der Waals surface area contributed by atoms with Crippen molar-refractivity contribution in [1.29, 1.82) is 0 Å². The minimum Gasteiger partial charge on any atom is -0.325 e. The quantitative estimate of drug-likeness (QED) is 0.666. The summed E-state index contributed by atoms with van der Waals surface area (Å²) < 4.78 is 0. The first-order chi connectivity index (χ1) is 6.40. The minimum absolute atomic E-state index is 0.444. The molecule has 13 heavy (non-hydrogen) atoms. The summed E-state index contributed by atoms with van der Waals surface area (Å²) in [7, 11) is 0. The molecule has 5 nitrogen and oxygen atoms in total. The largest absolute Gasteiger partial charge is 0.325 e. The van der Waals surface area contributed by atoms with E-state index in [1.165, 1.54) is 0 Å². The van der Waals surface area contributed by atoms with Gasteiger partial charge in [0.2, 0.25) is 0 Å². The van der Waals surface area contributed by atoms with E-state index in [0.717, 1.165) is 5.71 Å². The third kappa shape index (κ3) is 1.59. The number of nitrogens with two attached hydrogens (primary N) is 1. The molecule has 1 aliphatic rings. The van der Waals surface area contributed by atoms with E-state index in [4.69, 9.17) is 5.73 Å². The van der Waals surface area contributed by atoms with Gasteiger partial charge in [-0.1, -0.05) is 0 Å². The molecule has 1 aliphatic heterocycles. The SMILES string of the molecule is NCC1=NC(c2ncccn2)=NC1. The highest BCUT2D eigenvalue weighted by Gasteiger charge is 2.11. The van der Waals surface area contributed by atoms with Gasteiger partial charge in [0.1, 0.15) is 0 Å². The molecule has 0 saturated carbocycles. The summed E-state index contributed by atoms with van der Waals surface area (Å²) in [6, 6.07) is 1.76. The first kappa shape index (κ1) is 8.00. The van der Waals surface area contributed by atoms with E-state index in [1.807, 2.05) is 0 Å². The molecule has 1 aromatic heterocycles. The molecule has 0 bridgehead atoms. The molecule has 0 spiro atoms. The summed E-state index contributed by atoms with van der Waals surface area (Å²) in [5, 5.41) is 0. The Kier molecular flexibility index (Phi) is 2.09. The van der Waals surface area contributed by atoms with Crippen LogP contribution in [0.4, 0.5) is 0 Å². The van der Waals surface area contributed by atoms with Crippen LogP contribution in [0.25, 0.3) is 0 Å². The number of amidine groups is 1. The molecular weight excluding hydrogens is 166 g/mol. The standard InChI is InChI=1S/C8H9N5/c9-4-6-5-12-8(13-6)7-10-2-1-3-11-7/h1-3H,4-5,9H2. The fraction of sp³-hybridized carbons (Fsp3) is 0.250. The predicted molar refractivity (Wildman–Crippen MR) is 49.9 cm³/mol. The summed E-state index contributed by atoms with van der Waals surface area (Å²) in [5.41, 5.74) is 6.31. The van der Waals surface area contributed by atoms with Gasteiger partial charge in [-0.3, -0.25) is 4.99 Å². The zero-order chi connectivity index (χ0) is 9.10. The van der Waals surface area contributed by atoms with Crippen molar-refractivity contribution < 1.29 is 0 Å². The Hall–Kier alpha value is -1.62. The maximum absolute atomic E-state index is 5.43. The summed E-state index contributed by atoms with van der Waals surface area (Å²) >= 11 is 0. The van der Waals surface area contributed by atoms with Gasteiger partial charge in [-0.25, -0.2) is 15.0 Å². The second-order valence-corrected chi connectivity index (χ2v) is 2.59. The van der Waals surface area contributed by atoms with Crippen LogP contribution in [0.2, 0.25) is 0 Å². The number of rotatable bonds is 2. The van der Waals surface area contributed by atoms with Crippen LogP contribution in [0.5, 0.6) is 0 Å². The summed E-state index contributed by atoms with van der Waals surface area (Å²) in [5.74, 6) is 1.15. The lowest BCUT2D eigenvalue weighted by molar-refractivity contribution is 1.12. The van der Waals surface area contributed by atoms with Crippen molar-refractivity contribution >= 4 is 11.5 Å². The number of nitrogens with zero attached hydrogens (tertiary/aromatic N) is 4. The monoisotopic (exact) mass is 175 g/mol. The van der Waals surface area contributed by atoms with Crippen LogP contribution in [0.3, 0.4) is 0 Å². The Morgan fingerprint density at radius 2 is 2.08 bits per heavy atom. The van der Waals surface area contributed by atoms with E-state index in [9.17, 15) is 0 Å². The van der Waals surface area contributed by atoms with Crippen molar-refractivity contribution in [1.82, 2.24) is 9.97 Å². The fourth-order valence-electron chi connectivity index (χ4n) is 1.03. The molecule has 0 amide bonds. The summed E-state index contributed by atoms with van der Waals surface area (Å²) in [6.45, 7) is 1.02. The Morgan fingerprint density at radius 3 is 2.69 bits per heavy atom. The first-order valence-electron chi connectivity index (χ1n) is 3.98. The molecule has 2 heterocycles. The molecule has 0 saturated heterocycles. The first-order valence-corrected chi connectivity index (χ1v) is 3.98. The highest BCUT2D eigenvalue weighted by Crippen LogP contribution is 2.01. The minimum atomic E-state index is 0.444. The molecule has 66 valence electrons. The predicted octanol–water partition coefficient (Wildman–Crippen LogP) is -0.364. The maximum Gasteiger partial charge on any atom is 0.197 e. The van der Waals surface area contributed by atoms with Crippen molar-refractivity contribution in [2.75, 3.05) is 13.1 Å². The van der Waals surface area contributed by atoms with Crippen molar-refractivity contribution in [3.05, 3.63) is 24.3 Å². The Labute approximate surface area is 75.5 Å². The van der Waals surface area contributed by atoms with Gasteiger partial charge in [0.15, 0.2) is 11.7 Å². The van der Waals surface area contributed by atoms with Crippen LogP contribution in [-0.2, 0) is 0 Å². The molecule has 0 aromatic carbocycles. The molecule has 0 atom stereocenters. The van der Waals surface area contributed by atoms with Crippen LogP contribution in [-0.4, -0.2) is 34.6 Å². The van der Waals surface area contributed by atoms with Crippen LogP contribution >= 0.6 is 0 Å². The van der Waals surface area contributed by atoms with E-state index in [2.05, 4.69) is 20.0 Å². The molecule has 2 N–H and O–H groups in total. The van der Waals surface area contributed by atoms with Gasteiger partial charge < -0.3 is 5.73 Å². The Morgan fingerprint density at radius 1 is 1.31 bits per heavy atom. The fourth-order valence-corrected chi connectivity index (χ4v) is 1.03. The molecule has 1 aromatic rings. The summed E-state index contributed by atoms with van der Waals surface area (Å²) in [6.07, 6.45) is 3.33. The van der Waals surface area contributed by atoms with Gasteiger partial charge in [-0.05, 0) is 6.07 Å². The molecule has 0 unspecified atom stereocenters. The normalized spacial score (nSPS) is 15.5. The lowest BCUT2D eigenvalue weighted by Gasteiger charge is -1.92. The molecule has 0 radical (unpaired) electrons. The van der Waals surface area contributed by atoms with E-state index in [0.29, 0.717) is 24.7 Å². The highest BCUT2D eigenvalue weighted by molar-refractivity contribution is 6.10. The van der Waals surface area contributed by atoms with Gasteiger partial charge in [0.05, 0.1) is 12.3 Å². The highest BCUT2D eigenvalue weighted by atomic mass is 15.1. The van der Waals surface area contributed by atoms with Crippen LogP contribution in [0.1, 0.15) is 5.82 Å². The van der Waals surface area contributed by atoms with Crippen molar-refractivity contribution in [3.8, 4) is 0 Å². The second kappa shape index (κ2) is 3.40. The average Bonchev–Trinajstić information content (AvgIpc) is 2.67. The number of hydrogen-bond acceptors (Lipinski definition) is 5. The number of aliphatic imine (C=N–C) groups is 2. The molecular formula is C8H9N5. The summed E-state index contributed by atoms with van der Waals surface area (Å²) in [4.78, 5) is 16.4. The van der Waals surface area contributed by atoms with E-state index < -0.39 is 0 Å². The zero-order valence-electron chi connectivity index (χ0n) is 7.01. The van der Waals surface area contributed by atoms with Crippen LogP contribution in [0.15, 0.2) is 28.4 Å². The van der Waals surface area contributed by atoms with Gasteiger partial charge in [-0.15, -0.1) is 0 Å². The smallest absolute Gasteiger partial charge is 0.197 e. The maximum atomic E-state index is 5.43. The van der Waals surface area contributed by atoms with E-state index in [1.54, 1.807) is 18.5 Å². The number of hydrogen-bond donors (Lipinski definition) is 1. The van der Waals surface area contributed by atoms with Crippen molar-refractivity contribution in [3.63, 3.8) is 0 Å². The molecule has 2 rings (SSSR count). The molecule has 0 fully saturated rings. The van der Waals surface area contributed by atoms with Crippen molar-refractivity contribution in [2.24, 2.45) is 15.7 Å². The Bertz CT molecular complexity index is 354. The number of aromatic nitrogens is 2. The van der Waals surface area contributed by atoms with Crippen LogP contribution < -0.4 is 5.73 Å². The van der Waals surface area contributed by atoms with E-state index >= 15 is 0 Å². The molecule has 5 heteroatoms. The van der Waals surface area contributed by atoms with Gasteiger partial charge in [0, 0.05) is 18.9 Å². The van der Waals surface area contributed by atoms with Gasteiger partial charge in [-0.2, -0.15) is 0 Å². The zero-order valence-corrected chi connectivity index (χ0v) is 7.01. The lowest BCUT2D eigenvalue weighted by atomic mass is 10.4. The Balaban J connectivity index is 2.25.